The Bertz CT molecular complexity index is 366. The molecule has 0 aromatic heterocycles. The van der Waals surface area contributed by atoms with Crippen molar-refractivity contribution in [2.24, 2.45) is 5.92 Å². The minimum Gasteiger partial charge on any atom is -0.748 e. The number of hydrogen-bond donors (Lipinski definition) is 0. The van der Waals surface area contributed by atoms with E-state index >= 15 is 0 Å². The van der Waals surface area contributed by atoms with Crippen LogP contribution in [0.5, 0.6) is 0 Å². The molecule has 1 aliphatic carbocycles. The Kier molecular flexibility index (Phi) is 6.37. The van der Waals surface area contributed by atoms with Crippen LogP contribution in [0.15, 0.2) is 23.3 Å². The van der Waals surface area contributed by atoms with Crippen molar-refractivity contribution in [3.63, 3.8) is 0 Å². The Morgan fingerprint density at radius 3 is 2.27 bits per heavy atom. The fourth-order valence-corrected chi connectivity index (χ4v) is 2.20. The molecule has 0 aromatic carbocycles. The molecular weight excluding hydrogens is 223 g/mol. The van der Waals surface area contributed by atoms with E-state index in [1.54, 1.807) is 0 Å². The maximum atomic E-state index is 10.5. The fraction of sp³-hybridized carbons (Fsp3) is 0.600. The van der Waals surface area contributed by atoms with Crippen LogP contribution in [0.1, 0.15) is 26.7 Å². The zero-order valence-electron chi connectivity index (χ0n) is 9.49. The first-order valence-corrected chi connectivity index (χ1v) is 6.26. The summed E-state index contributed by atoms with van der Waals surface area (Å²) in [5, 5.41) is 0. The molecule has 1 aliphatic rings. The molecular formula is C10H15NaO3S. The minimum absolute atomic E-state index is 0. The van der Waals surface area contributed by atoms with E-state index < -0.39 is 10.1 Å². The van der Waals surface area contributed by atoms with Gasteiger partial charge in [-0.25, -0.2) is 8.42 Å². The average molecular weight is 238 g/mol. The van der Waals surface area contributed by atoms with E-state index in [4.69, 9.17) is 0 Å². The van der Waals surface area contributed by atoms with Gasteiger partial charge in [-0.05, 0) is 18.8 Å². The third kappa shape index (κ3) is 5.88. The maximum Gasteiger partial charge on any atom is 1.00 e. The van der Waals surface area contributed by atoms with Gasteiger partial charge in [0, 0.05) is 0 Å². The summed E-state index contributed by atoms with van der Waals surface area (Å²) in [5.41, 5.74) is 2.04. The molecule has 15 heavy (non-hydrogen) atoms. The second kappa shape index (κ2) is 6.21. The summed E-state index contributed by atoms with van der Waals surface area (Å²) in [6, 6.07) is 0. The van der Waals surface area contributed by atoms with E-state index in [9.17, 15) is 13.0 Å². The molecule has 5 heteroatoms. The van der Waals surface area contributed by atoms with Crippen LogP contribution in [-0.2, 0) is 10.1 Å². The van der Waals surface area contributed by atoms with Gasteiger partial charge in [0.2, 0.25) is 0 Å². The largest absolute Gasteiger partial charge is 1.00 e. The smallest absolute Gasteiger partial charge is 0.748 e. The van der Waals surface area contributed by atoms with Crippen molar-refractivity contribution in [2.45, 2.75) is 26.7 Å². The maximum absolute atomic E-state index is 10.5. The number of allylic oxidation sites excluding steroid dienone is 3. The Labute approximate surface area is 114 Å². The van der Waals surface area contributed by atoms with E-state index in [-0.39, 0.29) is 35.3 Å². The van der Waals surface area contributed by atoms with Crippen LogP contribution in [0.4, 0.5) is 0 Å². The van der Waals surface area contributed by atoms with Gasteiger partial charge in [0.1, 0.15) is 0 Å². The predicted molar refractivity (Wildman–Crippen MR) is 54.8 cm³/mol. The van der Waals surface area contributed by atoms with Crippen molar-refractivity contribution in [3.05, 3.63) is 23.3 Å². The minimum atomic E-state index is -4.11. The topological polar surface area (TPSA) is 57.2 Å². The molecule has 0 saturated heterocycles. The molecule has 0 saturated carbocycles. The summed E-state index contributed by atoms with van der Waals surface area (Å²) < 4.78 is 31.5. The van der Waals surface area contributed by atoms with Crippen molar-refractivity contribution < 1.29 is 42.5 Å². The molecule has 0 amide bonds. The first kappa shape index (κ1) is 15.4. The van der Waals surface area contributed by atoms with E-state index in [0.29, 0.717) is 12.3 Å². The zero-order valence-corrected chi connectivity index (χ0v) is 12.3. The Morgan fingerprint density at radius 1 is 1.33 bits per heavy atom. The standard InChI is InChI=1S/C10H16O3S.Na/c1-8(2)10-5-3-9(4-6-10)7-14(11,12)13;/h3,6,8H,4-5,7H2,1-2H3,(H,11,12,13);/q;+1/p-1. The van der Waals surface area contributed by atoms with Crippen LogP contribution in [0, 0.1) is 5.92 Å². The molecule has 0 radical (unpaired) electrons. The molecule has 1 rings (SSSR count). The van der Waals surface area contributed by atoms with Gasteiger partial charge in [0.15, 0.2) is 0 Å². The van der Waals surface area contributed by atoms with Gasteiger partial charge in [-0.1, -0.05) is 37.1 Å². The molecule has 0 unspecified atom stereocenters. The van der Waals surface area contributed by atoms with Gasteiger partial charge in [0.05, 0.1) is 15.9 Å². The molecule has 80 valence electrons. The van der Waals surface area contributed by atoms with Gasteiger partial charge in [-0.15, -0.1) is 0 Å². The molecule has 0 heterocycles. The Morgan fingerprint density at radius 2 is 1.93 bits per heavy atom. The zero-order chi connectivity index (χ0) is 10.8. The summed E-state index contributed by atoms with van der Waals surface area (Å²) in [6.45, 7) is 4.21. The summed E-state index contributed by atoms with van der Waals surface area (Å²) in [4.78, 5) is 0. The molecule has 3 nitrogen and oxygen atoms in total. The normalized spacial score (nSPS) is 16.8. The summed E-state index contributed by atoms with van der Waals surface area (Å²) in [7, 11) is -4.11. The van der Waals surface area contributed by atoms with Gasteiger partial charge in [0.25, 0.3) is 0 Å². The molecule has 0 bridgehead atoms. The Hall–Kier alpha value is 0.390. The van der Waals surface area contributed by atoms with E-state index in [2.05, 4.69) is 13.8 Å². The molecule has 0 atom stereocenters. The fourth-order valence-electron chi connectivity index (χ4n) is 1.51. The Balaban J connectivity index is 0.00000196. The van der Waals surface area contributed by atoms with Crippen LogP contribution in [0.25, 0.3) is 0 Å². The number of hydrogen-bond acceptors (Lipinski definition) is 3. The molecule has 0 fully saturated rings. The molecule has 0 N–H and O–H groups in total. The van der Waals surface area contributed by atoms with Gasteiger partial charge < -0.3 is 4.55 Å². The van der Waals surface area contributed by atoms with E-state index in [1.807, 2.05) is 12.2 Å². The summed E-state index contributed by atoms with van der Waals surface area (Å²) in [5.74, 6) is 0.158. The second-order valence-corrected chi connectivity index (χ2v) is 5.31. The monoisotopic (exact) mass is 238 g/mol. The van der Waals surface area contributed by atoms with Crippen LogP contribution in [0.3, 0.4) is 0 Å². The van der Waals surface area contributed by atoms with E-state index in [0.717, 1.165) is 12.0 Å². The average Bonchev–Trinajstić information content (AvgIpc) is 2.02. The van der Waals surface area contributed by atoms with Gasteiger partial charge >= 0.3 is 29.6 Å². The molecule has 0 aliphatic heterocycles. The first-order chi connectivity index (χ1) is 6.38. The molecule has 0 aromatic rings. The van der Waals surface area contributed by atoms with Gasteiger partial charge in [-0.3, -0.25) is 0 Å². The predicted octanol–water partition coefficient (Wildman–Crippen LogP) is -1.16. The summed E-state index contributed by atoms with van der Waals surface area (Å²) >= 11 is 0. The SMILES string of the molecule is CC(C)C1=CCC(CS(=O)(=O)[O-])=CC1.[Na+]. The van der Waals surface area contributed by atoms with Crippen molar-refractivity contribution >= 4 is 10.1 Å². The summed E-state index contributed by atoms with van der Waals surface area (Å²) in [6.07, 6.45) is 5.29. The van der Waals surface area contributed by atoms with E-state index in [1.165, 1.54) is 5.57 Å². The molecule has 0 spiro atoms. The quantitative estimate of drug-likeness (QED) is 0.354. The van der Waals surface area contributed by atoms with Crippen molar-refractivity contribution in [1.82, 2.24) is 0 Å². The van der Waals surface area contributed by atoms with Crippen LogP contribution in [-0.4, -0.2) is 18.7 Å². The van der Waals surface area contributed by atoms with Crippen LogP contribution >= 0.6 is 0 Å². The first-order valence-electron chi connectivity index (χ1n) is 4.69. The second-order valence-electron chi connectivity index (χ2n) is 3.91. The van der Waals surface area contributed by atoms with Crippen molar-refractivity contribution in [2.75, 3.05) is 5.75 Å². The number of rotatable bonds is 3. The van der Waals surface area contributed by atoms with Crippen molar-refractivity contribution in [3.8, 4) is 0 Å². The third-order valence-corrected chi connectivity index (χ3v) is 3.08. The third-order valence-electron chi connectivity index (χ3n) is 2.36. The van der Waals surface area contributed by atoms with Crippen LogP contribution < -0.4 is 29.6 Å². The van der Waals surface area contributed by atoms with Crippen molar-refractivity contribution in [1.29, 1.82) is 0 Å². The van der Waals surface area contributed by atoms with Crippen LogP contribution in [0.2, 0.25) is 0 Å². The van der Waals surface area contributed by atoms with Gasteiger partial charge in [-0.2, -0.15) is 0 Å².